The predicted molar refractivity (Wildman–Crippen MR) is 104 cm³/mol. The van der Waals surface area contributed by atoms with E-state index < -0.39 is 0 Å². The molecule has 0 aliphatic carbocycles. The quantitative estimate of drug-likeness (QED) is 0.832. The lowest BCUT2D eigenvalue weighted by molar-refractivity contribution is -0.126. The second-order valence-corrected chi connectivity index (χ2v) is 6.80. The number of carbonyl (C=O) groups is 1. The Kier molecular flexibility index (Phi) is 6.81. The molecule has 0 unspecified atom stereocenters. The van der Waals surface area contributed by atoms with Gasteiger partial charge in [0.05, 0.1) is 6.61 Å². The maximum absolute atomic E-state index is 11.7. The van der Waals surface area contributed by atoms with E-state index >= 15 is 0 Å². The number of rotatable bonds is 7. The summed E-state index contributed by atoms with van der Waals surface area (Å²) in [6.07, 6.45) is 1.82. The third-order valence-corrected chi connectivity index (χ3v) is 5.10. The van der Waals surface area contributed by atoms with Crippen LogP contribution in [0.3, 0.4) is 0 Å². The number of amides is 1. The number of likely N-dealkylation sites (tertiary alicyclic amines) is 1. The van der Waals surface area contributed by atoms with E-state index in [1.165, 1.54) is 11.1 Å². The lowest BCUT2D eigenvalue weighted by Gasteiger charge is -2.31. The minimum Gasteiger partial charge on any atom is -0.367 e. The summed E-state index contributed by atoms with van der Waals surface area (Å²) in [6, 6.07) is 20.7. The number of piperidine rings is 1. The van der Waals surface area contributed by atoms with E-state index in [1.54, 1.807) is 7.05 Å². The third kappa shape index (κ3) is 4.93. The van der Waals surface area contributed by atoms with Gasteiger partial charge >= 0.3 is 0 Å². The number of carbonyl (C=O) groups excluding carboxylic acids is 1. The topological polar surface area (TPSA) is 41.6 Å². The van der Waals surface area contributed by atoms with E-state index in [2.05, 4.69) is 58.7 Å². The Hall–Kier alpha value is -2.17. The molecular formula is C22H28N2O2. The van der Waals surface area contributed by atoms with E-state index in [0.29, 0.717) is 6.61 Å². The van der Waals surface area contributed by atoms with Crippen LogP contribution in [0.1, 0.15) is 30.1 Å². The number of hydrogen-bond acceptors (Lipinski definition) is 3. The van der Waals surface area contributed by atoms with Gasteiger partial charge in [-0.1, -0.05) is 60.7 Å². The molecule has 0 radical (unpaired) electrons. The summed E-state index contributed by atoms with van der Waals surface area (Å²) < 4.78 is 6.29. The average Bonchev–Trinajstić information content (AvgIpc) is 2.72. The van der Waals surface area contributed by atoms with Crippen LogP contribution >= 0.6 is 0 Å². The van der Waals surface area contributed by atoms with Crippen LogP contribution in [0.15, 0.2) is 60.7 Å². The van der Waals surface area contributed by atoms with Crippen molar-refractivity contribution >= 4 is 5.91 Å². The summed E-state index contributed by atoms with van der Waals surface area (Å²) in [5, 5.41) is 2.76. The Balaban J connectivity index is 1.54. The summed E-state index contributed by atoms with van der Waals surface area (Å²) in [6.45, 7) is 3.50. The number of nitrogens with zero attached hydrogens (tertiary/aromatic N) is 1. The number of nitrogens with one attached hydrogen (secondary N) is 1. The van der Waals surface area contributed by atoms with Gasteiger partial charge in [-0.15, -0.1) is 0 Å². The van der Waals surface area contributed by atoms with Gasteiger partial charge in [0, 0.05) is 19.5 Å². The monoisotopic (exact) mass is 352 g/mol. The van der Waals surface area contributed by atoms with Crippen molar-refractivity contribution in [2.45, 2.75) is 18.9 Å². The molecule has 1 amide bonds. The largest absolute Gasteiger partial charge is 0.367 e. The van der Waals surface area contributed by atoms with Gasteiger partial charge in [-0.05, 0) is 37.1 Å². The highest BCUT2D eigenvalue weighted by molar-refractivity contribution is 5.78. The fourth-order valence-corrected chi connectivity index (χ4v) is 3.56. The highest BCUT2D eigenvalue weighted by Gasteiger charge is 2.24. The molecule has 26 heavy (non-hydrogen) atoms. The van der Waals surface area contributed by atoms with E-state index in [0.717, 1.165) is 32.5 Å². The molecule has 1 aliphatic heterocycles. The Labute approximate surface area is 156 Å². The van der Waals surface area contributed by atoms with Crippen LogP contribution in [-0.4, -0.2) is 44.1 Å². The fraction of sp³-hybridized carbons (Fsp3) is 0.409. The molecule has 1 aliphatic rings. The molecule has 0 spiro atoms. The Morgan fingerprint density at radius 2 is 1.58 bits per heavy atom. The molecule has 1 N–H and O–H groups in total. The molecule has 0 aromatic heterocycles. The molecule has 2 aromatic carbocycles. The highest BCUT2D eigenvalue weighted by Crippen LogP contribution is 2.26. The van der Waals surface area contributed by atoms with E-state index in [1.807, 2.05) is 12.1 Å². The van der Waals surface area contributed by atoms with Crippen LogP contribution < -0.4 is 5.32 Å². The average molecular weight is 352 g/mol. The lowest BCUT2D eigenvalue weighted by Crippen LogP contribution is -2.40. The molecule has 1 heterocycles. The zero-order valence-corrected chi connectivity index (χ0v) is 15.4. The van der Waals surface area contributed by atoms with Crippen LogP contribution in [0.25, 0.3) is 0 Å². The minimum atomic E-state index is -0.0409. The number of benzene rings is 2. The van der Waals surface area contributed by atoms with Crippen molar-refractivity contribution in [2.75, 3.05) is 33.3 Å². The van der Waals surface area contributed by atoms with Crippen molar-refractivity contribution < 1.29 is 9.53 Å². The first-order valence-electron chi connectivity index (χ1n) is 9.43. The molecule has 0 saturated carbocycles. The second kappa shape index (κ2) is 9.51. The SMILES string of the molecule is CNC(=O)C1CCN(CCOC(c2ccccc2)c2ccccc2)CC1. The highest BCUT2D eigenvalue weighted by atomic mass is 16.5. The van der Waals surface area contributed by atoms with Gasteiger partial charge < -0.3 is 15.0 Å². The standard InChI is InChI=1S/C22H28N2O2/c1-23-22(25)20-12-14-24(15-13-20)16-17-26-21(18-8-4-2-5-9-18)19-10-6-3-7-11-19/h2-11,20-21H,12-17H2,1H3,(H,23,25). The molecule has 1 saturated heterocycles. The van der Waals surface area contributed by atoms with Gasteiger partial charge in [-0.2, -0.15) is 0 Å². The predicted octanol–water partition coefficient (Wildman–Crippen LogP) is 3.25. The summed E-state index contributed by atoms with van der Waals surface area (Å²) in [5.41, 5.74) is 2.36. The smallest absolute Gasteiger partial charge is 0.222 e. The Bertz CT molecular complexity index is 628. The fourth-order valence-electron chi connectivity index (χ4n) is 3.56. The zero-order valence-electron chi connectivity index (χ0n) is 15.4. The normalized spacial score (nSPS) is 15.9. The molecule has 4 heteroatoms. The van der Waals surface area contributed by atoms with Crippen LogP contribution in [0, 0.1) is 5.92 Å². The van der Waals surface area contributed by atoms with Gasteiger partial charge in [0.15, 0.2) is 0 Å². The van der Waals surface area contributed by atoms with Crippen molar-refractivity contribution in [3.63, 3.8) is 0 Å². The molecule has 0 bridgehead atoms. The number of ether oxygens (including phenoxy) is 1. The zero-order chi connectivity index (χ0) is 18.2. The summed E-state index contributed by atoms with van der Waals surface area (Å²) >= 11 is 0. The maximum Gasteiger partial charge on any atom is 0.222 e. The van der Waals surface area contributed by atoms with Crippen molar-refractivity contribution in [1.82, 2.24) is 10.2 Å². The van der Waals surface area contributed by atoms with E-state index in [4.69, 9.17) is 4.74 Å². The van der Waals surface area contributed by atoms with Crippen LogP contribution in [-0.2, 0) is 9.53 Å². The van der Waals surface area contributed by atoms with E-state index in [9.17, 15) is 4.79 Å². The lowest BCUT2D eigenvalue weighted by atomic mass is 9.96. The van der Waals surface area contributed by atoms with Crippen LogP contribution in [0.4, 0.5) is 0 Å². The van der Waals surface area contributed by atoms with Crippen molar-refractivity contribution in [3.8, 4) is 0 Å². The van der Waals surface area contributed by atoms with Gasteiger partial charge in [-0.3, -0.25) is 4.79 Å². The first-order valence-corrected chi connectivity index (χ1v) is 9.43. The second-order valence-electron chi connectivity index (χ2n) is 6.80. The molecule has 4 nitrogen and oxygen atoms in total. The van der Waals surface area contributed by atoms with Crippen molar-refractivity contribution in [2.24, 2.45) is 5.92 Å². The third-order valence-electron chi connectivity index (χ3n) is 5.10. The molecule has 1 fully saturated rings. The molecule has 3 rings (SSSR count). The molecule has 0 atom stereocenters. The van der Waals surface area contributed by atoms with Gasteiger partial charge in [-0.25, -0.2) is 0 Å². The van der Waals surface area contributed by atoms with Crippen LogP contribution in [0.5, 0.6) is 0 Å². The first-order chi connectivity index (χ1) is 12.8. The molecule has 2 aromatic rings. The van der Waals surface area contributed by atoms with Gasteiger partial charge in [0.25, 0.3) is 0 Å². The molecular weight excluding hydrogens is 324 g/mol. The minimum absolute atomic E-state index is 0.0409. The van der Waals surface area contributed by atoms with Gasteiger partial charge in [0.1, 0.15) is 6.10 Å². The summed E-state index contributed by atoms with van der Waals surface area (Å²) in [5.74, 6) is 0.340. The Morgan fingerprint density at radius 3 is 2.08 bits per heavy atom. The first kappa shape index (κ1) is 18.6. The Morgan fingerprint density at radius 1 is 1.04 bits per heavy atom. The van der Waals surface area contributed by atoms with E-state index in [-0.39, 0.29) is 17.9 Å². The maximum atomic E-state index is 11.7. The van der Waals surface area contributed by atoms with Crippen molar-refractivity contribution in [1.29, 1.82) is 0 Å². The summed E-state index contributed by atoms with van der Waals surface area (Å²) in [4.78, 5) is 14.1. The number of hydrogen-bond donors (Lipinski definition) is 1. The summed E-state index contributed by atoms with van der Waals surface area (Å²) in [7, 11) is 1.72. The van der Waals surface area contributed by atoms with Crippen molar-refractivity contribution in [3.05, 3.63) is 71.8 Å². The molecule has 138 valence electrons. The van der Waals surface area contributed by atoms with Gasteiger partial charge in [0.2, 0.25) is 5.91 Å². The van der Waals surface area contributed by atoms with Crippen LogP contribution in [0.2, 0.25) is 0 Å².